The number of benzene rings is 1. The van der Waals surface area contributed by atoms with Gasteiger partial charge in [0.2, 0.25) is 12.2 Å². The first-order valence-electron chi connectivity index (χ1n) is 9.60. The molecule has 0 saturated carbocycles. The van der Waals surface area contributed by atoms with Gasteiger partial charge in [0.1, 0.15) is 23.1 Å². The minimum atomic E-state index is -1.34. The third-order valence-electron chi connectivity index (χ3n) is 4.85. The standard InChI is InChI=1S/C21H25NO9/c1-10(23)22-14-8-12-6-7-13(9-15(12)30-19(14)26)29-20-16(25)17(28-11(2)24)18(27-5)21(3,4)31-20/h6-9,16-18,20,25H,1-5H3,(H,22,23)/t16-,17-,18+,20?/m0/s1. The second kappa shape index (κ2) is 8.66. The summed E-state index contributed by atoms with van der Waals surface area (Å²) in [7, 11) is 1.43. The van der Waals surface area contributed by atoms with Gasteiger partial charge in [0.15, 0.2) is 12.2 Å². The predicted molar refractivity (Wildman–Crippen MR) is 109 cm³/mol. The molecule has 1 saturated heterocycles. The molecule has 10 nitrogen and oxygen atoms in total. The van der Waals surface area contributed by atoms with Crippen molar-refractivity contribution in [3.05, 3.63) is 34.7 Å². The highest BCUT2D eigenvalue weighted by Crippen LogP contribution is 2.34. The molecule has 1 fully saturated rings. The fourth-order valence-electron chi connectivity index (χ4n) is 3.58. The number of aliphatic hydroxyl groups is 1. The van der Waals surface area contributed by atoms with Gasteiger partial charge < -0.3 is 33.8 Å². The van der Waals surface area contributed by atoms with E-state index in [0.29, 0.717) is 5.39 Å². The van der Waals surface area contributed by atoms with Crippen LogP contribution in [-0.2, 0) is 23.8 Å². The van der Waals surface area contributed by atoms with E-state index in [1.165, 1.54) is 33.1 Å². The number of hydrogen-bond acceptors (Lipinski definition) is 9. The zero-order chi connectivity index (χ0) is 22.9. The number of esters is 1. The van der Waals surface area contributed by atoms with E-state index >= 15 is 0 Å². The monoisotopic (exact) mass is 435 g/mol. The number of fused-ring (bicyclic) bond motifs is 1. The minimum Gasteiger partial charge on any atom is -0.462 e. The Labute approximate surface area is 178 Å². The Kier molecular flexibility index (Phi) is 6.35. The van der Waals surface area contributed by atoms with Crippen LogP contribution in [0.25, 0.3) is 11.0 Å². The molecule has 31 heavy (non-hydrogen) atoms. The molecule has 0 aliphatic carbocycles. The summed E-state index contributed by atoms with van der Waals surface area (Å²) in [6.07, 6.45) is -4.27. The number of carbonyl (C=O) groups is 2. The second-order valence-electron chi connectivity index (χ2n) is 7.76. The average molecular weight is 435 g/mol. The van der Waals surface area contributed by atoms with Crippen molar-refractivity contribution >= 4 is 28.5 Å². The molecule has 2 heterocycles. The van der Waals surface area contributed by atoms with Gasteiger partial charge in [0.25, 0.3) is 0 Å². The van der Waals surface area contributed by atoms with E-state index in [1.807, 2.05) is 0 Å². The first-order chi connectivity index (χ1) is 14.5. The number of rotatable bonds is 5. The first kappa shape index (κ1) is 22.7. The maximum Gasteiger partial charge on any atom is 0.360 e. The van der Waals surface area contributed by atoms with Crippen LogP contribution in [0.5, 0.6) is 5.75 Å². The molecule has 2 aromatic rings. The summed E-state index contributed by atoms with van der Waals surface area (Å²) in [6.45, 7) is 5.97. The van der Waals surface area contributed by atoms with Crippen molar-refractivity contribution in [2.75, 3.05) is 12.4 Å². The molecule has 0 bridgehead atoms. The molecule has 0 radical (unpaired) electrons. The Balaban J connectivity index is 1.88. The molecular formula is C21H25NO9. The summed E-state index contributed by atoms with van der Waals surface area (Å²) in [5, 5.41) is 13.7. The molecule has 2 N–H and O–H groups in total. The summed E-state index contributed by atoms with van der Waals surface area (Å²) < 4.78 is 27.6. The molecule has 1 aromatic heterocycles. The maximum atomic E-state index is 12.1. The second-order valence-corrected chi connectivity index (χ2v) is 7.76. The van der Waals surface area contributed by atoms with Crippen molar-refractivity contribution in [3.63, 3.8) is 0 Å². The van der Waals surface area contributed by atoms with Crippen molar-refractivity contribution in [2.24, 2.45) is 0 Å². The van der Waals surface area contributed by atoms with E-state index in [2.05, 4.69) is 5.32 Å². The van der Waals surface area contributed by atoms with E-state index < -0.39 is 47.7 Å². The summed E-state index contributed by atoms with van der Waals surface area (Å²) in [5.74, 6) is -0.723. The lowest BCUT2D eigenvalue weighted by molar-refractivity contribution is -0.308. The van der Waals surface area contributed by atoms with Crippen LogP contribution in [0.4, 0.5) is 5.69 Å². The Morgan fingerprint density at radius 3 is 2.52 bits per heavy atom. The van der Waals surface area contributed by atoms with Crippen LogP contribution >= 0.6 is 0 Å². The SMILES string of the molecule is CO[C@@H]1[C@@H](OC(C)=O)[C@H](O)C(Oc2ccc3cc(NC(C)=O)c(=O)oc3c2)OC1(C)C. The quantitative estimate of drug-likeness (QED) is 0.530. The highest BCUT2D eigenvalue weighted by molar-refractivity contribution is 5.91. The van der Waals surface area contributed by atoms with Crippen LogP contribution < -0.4 is 15.7 Å². The average Bonchev–Trinajstić information content (AvgIpc) is 2.65. The Hall–Kier alpha value is -2.95. The summed E-state index contributed by atoms with van der Waals surface area (Å²) in [6, 6.07) is 6.16. The number of amides is 1. The number of methoxy groups -OCH3 is 1. The van der Waals surface area contributed by atoms with Crippen molar-refractivity contribution in [1.82, 2.24) is 0 Å². The highest BCUT2D eigenvalue weighted by atomic mass is 16.7. The van der Waals surface area contributed by atoms with Crippen LogP contribution in [0, 0.1) is 0 Å². The van der Waals surface area contributed by atoms with Gasteiger partial charge in [-0.25, -0.2) is 4.79 Å². The van der Waals surface area contributed by atoms with Crippen LogP contribution in [0.3, 0.4) is 0 Å². The lowest BCUT2D eigenvalue weighted by atomic mass is 9.89. The molecule has 1 aromatic carbocycles. The van der Waals surface area contributed by atoms with Crippen molar-refractivity contribution in [2.45, 2.75) is 57.9 Å². The van der Waals surface area contributed by atoms with Gasteiger partial charge in [-0.3, -0.25) is 9.59 Å². The largest absolute Gasteiger partial charge is 0.462 e. The predicted octanol–water partition coefficient (Wildman–Crippen LogP) is 1.57. The van der Waals surface area contributed by atoms with Crippen LogP contribution in [0.1, 0.15) is 27.7 Å². The molecular weight excluding hydrogens is 410 g/mol. The fraction of sp³-hybridized carbons (Fsp3) is 0.476. The fourth-order valence-corrected chi connectivity index (χ4v) is 3.58. The van der Waals surface area contributed by atoms with Gasteiger partial charge in [-0.2, -0.15) is 0 Å². The Morgan fingerprint density at radius 1 is 1.19 bits per heavy atom. The van der Waals surface area contributed by atoms with Gasteiger partial charge in [-0.05, 0) is 32.0 Å². The zero-order valence-corrected chi connectivity index (χ0v) is 17.8. The van der Waals surface area contributed by atoms with Gasteiger partial charge in [0.05, 0.1) is 5.60 Å². The zero-order valence-electron chi connectivity index (χ0n) is 17.8. The first-order valence-corrected chi connectivity index (χ1v) is 9.60. The third kappa shape index (κ3) is 4.87. The Bertz CT molecular complexity index is 1040. The molecule has 1 amide bonds. The summed E-state index contributed by atoms with van der Waals surface area (Å²) >= 11 is 0. The molecule has 4 atom stereocenters. The minimum absolute atomic E-state index is 0.0243. The summed E-state index contributed by atoms with van der Waals surface area (Å²) in [5.41, 5.74) is -1.42. The number of ether oxygens (including phenoxy) is 4. The number of hydrogen-bond donors (Lipinski definition) is 2. The lowest BCUT2D eigenvalue weighted by Crippen LogP contribution is -2.64. The maximum absolute atomic E-state index is 12.1. The number of aliphatic hydroxyl groups excluding tert-OH is 1. The lowest BCUT2D eigenvalue weighted by Gasteiger charge is -2.47. The van der Waals surface area contributed by atoms with Crippen molar-refractivity contribution in [1.29, 1.82) is 0 Å². The molecule has 10 heteroatoms. The van der Waals surface area contributed by atoms with E-state index in [4.69, 9.17) is 23.4 Å². The highest BCUT2D eigenvalue weighted by Gasteiger charge is 2.53. The van der Waals surface area contributed by atoms with Gasteiger partial charge in [-0.15, -0.1) is 0 Å². The molecule has 1 aliphatic heterocycles. The van der Waals surface area contributed by atoms with Crippen LogP contribution in [-0.4, -0.2) is 54.3 Å². The van der Waals surface area contributed by atoms with E-state index in [9.17, 15) is 19.5 Å². The molecule has 0 spiro atoms. The third-order valence-corrected chi connectivity index (χ3v) is 4.85. The van der Waals surface area contributed by atoms with Gasteiger partial charge >= 0.3 is 11.6 Å². The number of carbonyl (C=O) groups excluding carboxylic acids is 2. The van der Waals surface area contributed by atoms with E-state index in [1.54, 1.807) is 26.0 Å². The summed E-state index contributed by atoms with van der Waals surface area (Å²) in [4.78, 5) is 34.8. The number of anilines is 1. The van der Waals surface area contributed by atoms with E-state index in [-0.39, 0.29) is 17.0 Å². The number of nitrogens with one attached hydrogen (secondary N) is 1. The molecule has 1 unspecified atom stereocenters. The smallest absolute Gasteiger partial charge is 0.360 e. The van der Waals surface area contributed by atoms with Crippen LogP contribution in [0.2, 0.25) is 0 Å². The van der Waals surface area contributed by atoms with Crippen molar-refractivity contribution in [3.8, 4) is 5.75 Å². The van der Waals surface area contributed by atoms with E-state index in [0.717, 1.165) is 0 Å². The Morgan fingerprint density at radius 2 is 1.90 bits per heavy atom. The van der Waals surface area contributed by atoms with Crippen LogP contribution in [0.15, 0.2) is 33.5 Å². The molecule has 3 rings (SSSR count). The topological polar surface area (TPSA) is 134 Å². The molecule has 1 aliphatic rings. The normalized spacial score (nSPS) is 25.1. The van der Waals surface area contributed by atoms with Gasteiger partial charge in [-0.1, -0.05) is 0 Å². The molecule has 168 valence electrons. The van der Waals surface area contributed by atoms with Gasteiger partial charge in [0, 0.05) is 32.4 Å². The van der Waals surface area contributed by atoms with Crippen molar-refractivity contribution < 1.29 is 38.1 Å².